The van der Waals surface area contributed by atoms with Crippen LogP contribution in [0.5, 0.6) is 0 Å². The van der Waals surface area contributed by atoms with Crippen molar-refractivity contribution in [1.29, 1.82) is 0 Å². The molecule has 1 aromatic heterocycles. The molecule has 3 aromatic rings. The Labute approximate surface area is 158 Å². The lowest BCUT2D eigenvalue weighted by atomic mass is 9.68. The molecule has 0 saturated carbocycles. The number of Topliss-reactive ketones (excluding diaryl/α,β-unsaturated/α-hetero) is 1. The van der Waals surface area contributed by atoms with E-state index in [1.54, 1.807) is 6.33 Å². The molecule has 1 aliphatic heterocycles. The number of hydrogen-bond donors (Lipinski definition) is 2. The number of nitrogens with one attached hydrogen (secondary N) is 2. The fraction of sp³-hybridized carbons (Fsp3) is 0.304. The van der Waals surface area contributed by atoms with Crippen LogP contribution in [-0.2, 0) is 4.79 Å². The monoisotopic (exact) mass is 357 g/mol. The third-order valence-corrected chi connectivity index (χ3v) is 5.88. The van der Waals surface area contributed by atoms with Gasteiger partial charge in [0.2, 0.25) is 0 Å². The van der Waals surface area contributed by atoms with Crippen molar-refractivity contribution in [3.63, 3.8) is 0 Å². The minimum atomic E-state index is -0.191. The maximum Gasteiger partial charge on any atom is 0.162 e. The van der Waals surface area contributed by atoms with Crippen LogP contribution in [0, 0.1) is 12.3 Å². The average molecular weight is 357 g/mol. The van der Waals surface area contributed by atoms with E-state index < -0.39 is 0 Å². The predicted octanol–water partition coefficient (Wildman–Crippen LogP) is 5.18. The number of imidazole rings is 1. The van der Waals surface area contributed by atoms with E-state index in [4.69, 9.17) is 0 Å². The van der Waals surface area contributed by atoms with Gasteiger partial charge in [0.15, 0.2) is 5.78 Å². The number of ketones is 1. The van der Waals surface area contributed by atoms with Crippen LogP contribution in [-0.4, -0.2) is 15.8 Å². The summed E-state index contributed by atoms with van der Waals surface area (Å²) in [5.74, 6) is 0.236. The Kier molecular flexibility index (Phi) is 3.36. The molecule has 2 heterocycles. The second-order valence-electron chi connectivity index (χ2n) is 8.53. The molecule has 4 nitrogen and oxygen atoms in total. The summed E-state index contributed by atoms with van der Waals surface area (Å²) in [7, 11) is 0. The lowest BCUT2D eigenvalue weighted by Crippen LogP contribution is -2.33. The highest BCUT2D eigenvalue weighted by molar-refractivity contribution is 6.12. The number of hydrogen-bond acceptors (Lipinski definition) is 3. The van der Waals surface area contributed by atoms with Crippen LogP contribution in [0.3, 0.4) is 0 Å². The third kappa shape index (κ3) is 2.43. The van der Waals surface area contributed by atoms with Crippen molar-refractivity contribution in [1.82, 2.24) is 9.97 Å². The number of aryl methyl sites for hydroxylation is 1. The van der Waals surface area contributed by atoms with E-state index in [9.17, 15) is 4.79 Å². The van der Waals surface area contributed by atoms with Gasteiger partial charge < -0.3 is 10.3 Å². The molecule has 0 bridgehead atoms. The zero-order valence-corrected chi connectivity index (χ0v) is 15.9. The highest BCUT2D eigenvalue weighted by Gasteiger charge is 2.41. The molecule has 136 valence electrons. The first-order valence-corrected chi connectivity index (χ1v) is 9.49. The summed E-state index contributed by atoms with van der Waals surface area (Å²) in [6.07, 6.45) is 3.18. The van der Waals surface area contributed by atoms with Crippen molar-refractivity contribution in [3.05, 3.63) is 65.2 Å². The molecule has 0 spiro atoms. The zero-order valence-electron chi connectivity index (χ0n) is 15.9. The van der Waals surface area contributed by atoms with Crippen LogP contribution in [0.25, 0.3) is 16.3 Å². The minimum absolute atomic E-state index is 0.0351. The predicted molar refractivity (Wildman–Crippen MR) is 109 cm³/mol. The number of carbonyl (C=O) groups excluding carboxylic acids is 1. The van der Waals surface area contributed by atoms with Gasteiger partial charge in [-0.05, 0) is 41.2 Å². The van der Waals surface area contributed by atoms with Gasteiger partial charge in [-0.15, -0.1) is 0 Å². The molecule has 1 atom stereocenters. The van der Waals surface area contributed by atoms with Gasteiger partial charge in [0, 0.05) is 28.9 Å². The number of H-pyrrole nitrogens is 1. The second kappa shape index (κ2) is 5.56. The van der Waals surface area contributed by atoms with Crippen LogP contribution >= 0.6 is 0 Å². The standard InChI is InChI=1S/C23H23N3O/c1-13-21(25-12-24-13)22-20-16(10-23(2,3)11-18(20)27)19-15-7-5-4-6-14(15)8-9-17(19)26-22/h4-9,12,22,26H,10-11H2,1-3H3,(H,24,25). The number of fused-ring (bicyclic) bond motifs is 4. The topological polar surface area (TPSA) is 57.8 Å². The molecule has 5 rings (SSSR count). The van der Waals surface area contributed by atoms with E-state index in [0.29, 0.717) is 6.42 Å². The van der Waals surface area contributed by atoms with Gasteiger partial charge in [0.1, 0.15) is 0 Å². The van der Waals surface area contributed by atoms with Crippen molar-refractivity contribution in [2.24, 2.45) is 5.41 Å². The largest absolute Gasteiger partial charge is 0.372 e. The summed E-state index contributed by atoms with van der Waals surface area (Å²) in [6, 6.07) is 12.5. The molecule has 27 heavy (non-hydrogen) atoms. The lowest BCUT2D eigenvalue weighted by molar-refractivity contribution is -0.118. The maximum absolute atomic E-state index is 13.3. The number of anilines is 1. The number of aromatic nitrogens is 2. The first-order chi connectivity index (χ1) is 12.9. The number of rotatable bonds is 1. The smallest absolute Gasteiger partial charge is 0.162 e. The van der Waals surface area contributed by atoms with Gasteiger partial charge in [-0.1, -0.05) is 44.2 Å². The van der Waals surface area contributed by atoms with E-state index in [2.05, 4.69) is 65.5 Å². The molecule has 2 aromatic carbocycles. The fourth-order valence-electron chi connectivity index (χ4n) is 4.70. The SMILES string of the molecule is Cc1[nH]cnc1C1Nc2ccc3ccccc3c2C2=C1C(=O)CC(C)(C)C2. The van der Waals surface area contributed by atoms with Gasteiger partial charge in [0.05, 0.1) is 18.1 Å². The molecule has 1 aliphatic carbocycles. The first-order valence-electron chi connectivity index (χ1n) is 9.49. The summed E-state index contributed by atoms with van der Waals surface area (Å²) >= 11 is 0. The third-order valence-electron chi connectivity index (χ3n) is 5.88. The average Bonchev–Trinajstić information content (AvgIpc) is 3.05. The molecule has 0 saturated heterocycles. The molecule has 2 aliphatic rings. The number of benzene rings is 2. The van der Waals surface area contributed by atoms with E-state index in [0.717, 1.165) is 29.1 Å². The van der Waals surface area contributed by atoms with Crippen LogP contribution in [0.2, 0.25) is 0 Å². The Morgan fingerprint density at radius 2 is 1.93 bits per heavy atom. The second-order valence-corrected chi connectivity index (χ2v) is 8.53. The number of nitrogens with zero attached hydrogens (tertiary/aromatic N) is 1. The van der Waals surface area contributed by atoms with Crippen LogP contribution in [0.4, 0.5) is 5.69 Å². The van der Waals surface area contributed by atoms with Crippen molar-refractivity contribution >= 4 is 27.8 Å². The van der Waals surface area contributed by atoms with Gasteiger partial charge in [-0.25, -0.2) is 4.98 Å². The van der Waals surface area contributed by atoms with Crippen LogP contribution < -0.4 is 5.32 Å². The summed E-state index contributed by atoms with van der Waals surface area (Å²) in [6.45, 7) is 6.39. The van der Waals surface area contributed by atoms with Crippen molar-refractivity contribution in [2.75, 3.05) is 5.32 Å². The number of allylic oxidation sites excluding steroid dienone is 1. The quantitative estimate of drug-likeness (QED) is 0.631. The van der Waals surface area contributed by atoms with Crippen molar-refractivity contribution in [3.8, 4) is 0 Å². The highest BCUT2D eigenvalue weighted by Crippen LogP contribution is 2.51. The Balaban J connectivity index is 1.83. The Hall–Kier alpha value is -2.88. The molecule has 4 heteroatoms. The summed E-state index contributed by atoms with van der Waals surface area (Å²) in [5.41, 5.74) is 6.24. The van der Waals surface area contributed by atoms with Crippen LogP contribution in [0.15, 0.2) is 48.3 Å². The highest BCUT2D eigenvalue weighted by atomic mass is 16.1. The zero-order chi connectivity index (χ0) is 18.8. The van der Waals surface area contributed by atoms with Gasteiger partial charge in [0.25, 0.3) is 0 Å². The van der Waals surface area contributed by atoms with Crippen molar-refractivity contribution in [2.45, 2.75) is 39.7 Å². The van der Waals surface area contributed by atoms with Gasteiger partial charge in [-0.3, -0.25) is 4.79 Å². The minimum Gasteiger partial charge on any atom is -0.372 e. The number of carbonyl (C=O) groups is 1. The molecular weight excluding hydrogens is 334 g/mol. The Morgan fingerprint density at radius 3 is 2.70 bits per heavy atom. The molecule has 2 N–H and O–H groups in total. The molecule has 0 fully saturated rings. The number of aromatic amines is 1. The first kappa shape index (κ1) is 16.3. The van der Waals surface area contributed by atoms with Crippen molar-refractivity contribution < 1.29 is 4.79 Å². The molecule has 0 radical (unpaired) electrons. The maximum atomic E-state index is 13.3. The van der Waals surface area contributed by atoms with Crippen LogP contribution in [0.1, 0.15) is 49.7 Å². The molecular formula is C23H23N3O. The van der Waals surface area contributed by atoms with E-state index in [-0.39, 0.29) is 17.2 Å². The van der Waals surface area contributed by atoms with Gasteiger partial charge in [-0.2, -0.15) is 0 Å². The summed E-state index contributed by atoms with van der Waals surface area (Å²) < 4.78 is 0. The summed E-state index contributed by atoms with van der Waals surface area (Å²) in [4.78, 5) is 21.0. The van der Waals surface area contributed by atoms with E-state index in [1.807, 2.05) is 6.92 Å². The van der Waals surface area contributed by atoms with Gasteiger partial charge >= 0.3 is 0 Å². The Bertz CT molecular complexity index is 1120. The normalized spacial score (nSPS) is 21.0. The summed E-state index contributed by atoms with van der Waals surface area (Å²) in [5, 5.41) is 6.04. The van der Waals surface area contributed by atoms with E-state index >= 15 is 0 Å². The molecule has 1 unspecified atom stereocenters. The lowest BCUT2D eigenvalue weighted by Gasteiger charge is -2.39. The fourth-order valence-corrected chi connectivity index (χ4v) is 4.70. The Morgan fingerprint density at radius 1 is 1.11 bits per heavy atom. The van der Waals surface area contributed by atoms with E-state index in [1.165, 1.54) is 21.9 Å². The molecule has 0 amide bonds.